The maximum Gasteiger partial charge on any atom is 0.416 e. The van der Waals surface area contributed by atoms with Crippen LogP contribution in [0, 0.1) is 13.8 Å². The molecule has 2 aliphatic carbocycles. The van der Waals surface area contributed by atoms with Crippen molar-refractivity contribution in [1.29, 1.82) is 0 Å². The Morgan fingerprint density at radius 2 is 1.11 bits per heavy atom. The Labute approximate surface area is 304 Å². The molecule has 54 heavy (non-hydrogen) atoms. The Bertz CT molecular complexity index is 2280. The van der Waals surface area contributed by atoms with Crippen molar-refractivity contribution >= 4 is 24.5 Å². The lowest BCUT2D eigenvalue weighted by molar-refractivity contribution is -0.144. The van der Waals surface area contributed by atoms with E-state index in [2.05, 4.69) is 0 Å². The Morgan fingerprint density at radius 1 is 0.630 bits per heavy atom. The van der Waals surface area contributed by atoms with Gasteiger partial charge in [0, 0.05) is 5.92 Å². The van der Waals surface area contributed by atoms with E-state index in [9.17, 15) is 52.7 Å². The third-order valence-corrected chi connectivity index (χ3v) is 15.0. The Balaban J connectivity index is 1.56. The molecule has 0 saturated carbocycles. The Hall–Kier alpha value is -4.26. The molecule has 0 N–H and O–H groups in total. The summed E-state index contributed by atoms with van der Waals surface area (Å²) in [4.78, 5) is 0. The minimum Gasteiger partial charge on any atom is -0.166 e. The molecule has 0 amide bonds. The van der Waals surface area contributed by atoms with E-state index in [0.29, 0.717) is 58.0 Å². The average Bonchev–Trinajstić information content (AvgIpc) is 3.67. The maximum absolute atomic E-state index is 14.2. The van der Waals surface area contributed by atoms with Gasteiger partial charge < -0.3 is 0 Å². The van der Waals surface area contributed by atoms with Crippen LogP contribution in [0.4, 0.5) is 52.7 Å². The van der Waals surface area contributed by atoms with Crippen LogP contribution >= 0.6 is 0 Å². The smallest absolute Gasteiger partial charge is 0.166 e. The molecule has 1 unspecified atom stereocenters. The van der Waals surface area contributed by atoms with Crippen LogP contribution in [0.25, 0.3) is 33.5 Å². The fourth-order valence-electron chi connectivity index (χ4n) is 9.12. The standard InChI is InChI=1S/C41H32F12Si/c1-7-21-15-30-28(22-11-24(38(42,43)44)16-25(12-22)39(45,46)47)9-8-18(2)31(30)33(21)32-20(4)29-10-19(3)36-35(29)34(37(32)54(36,5)6)23-13-26(40(48,49)50)17-27(14-23)41(51,52)53/h8-9,11-17,33H,7,10H2,1-6H3. The summed E-state index contributed by atoms with van der Waals surface area (Å²) in [7, 11) is -2.88. The summed E-state index contributed by atoms with van der Waals surface area (Å²) in [6.45, 7) is 11.5. The molecule has 2 bridgehead atoms. The van der Waals surface area contributed by atoms with Gasteiger partial charge in [-0.25, -0.2) is 0 Å². The van der Waals surface area contributed by atoms with Gasteiger partial charge >= 0.3 is 24.7 Å². The molecule has 1 aliphatic heterocycles. The van der Waals surface area contributed by atoms with Gasteiger partial charge in [-0.2, -0.15) is 52.7 Å². The number of aryl methyl sites for hydroxylation is 1. The van der Waals surface area contributed by atoms with Gasteiger partial charge in [0.1, 0.15) is 8.07 Å². The number of benzene rings is 4. The molecule has 0 spiro atoms. The van der Waals surface area contributed by atoms with Gasteiger partial charge in [-0.1, -0.05) is 49.4 Å². The third kappa shape index (κ3) is 5.74. The van der Waals surface area contributed by atoms with Crippen molar-refractivity contribution in [3.8, 4) is 22.3 Å². The lowest BCUT2D eigenvalue weighted by Gasteiger charge is -2.31. The highest BCUT2D eigenvalue weighted by Crippen LogP contribution is 2.57. The summed E-state index contributed by atoms with van der Waals surface area (Å²) in [6.07, 6.45) is -17.7. The first kappa shape index (κ1) is 38.0. The van der Waals surface area contributed by atoms with Gasteiger partial charge in [0.25, 0.3) is 0 Å². The van der Waals surface area contributed by atoms with Gasteiger partial charge in [-0.05, 0) is 142 Å². The number of hydrogen-bond donors (Lipinski definition) is 0. The van der Waals surface area contributed by atoms with Crippen LogP contribution in [0.5, 0.6) is 0 Å². The number of rotatable bonds is 4. The first-order chi connectivity index (χ1) is 24.8. The number of halogens is 12. The second kappa shape index (κ2) is 11.9. The molecule has 1 atom stereocenters. The maximum atomic E-state index is 14.2. The highest BCUT2D eigenvalue weighted by atomic mass is 28.3. The molecule has 0 aromatic heterocycles. The topological polar surface area (TPSA) is 0 Å². The van der Waals surface area contributed by atoms with Crippen LogP contribution < -0.4 is 5.19 Å². The monoisotopic (exact) mass is 780 g/mol. The van der Waals surface area contributed by atoms with E-state index in [1.54, 1.807) is 19.1 Å². The van der Waals surface area contributed by atoms with Gasteiger partial charge in [-0.15, -0.1) is 0 Å². The van der Waals surface area contributed by atoms with Gasteiger partial charge in [0.05, 0.1) is 22.3 Å². The van der Waals surface area contributed by atoms with Crippen LogP contribution in [-0.2, 0) is 31.1 Å². The van der Waals surface area contributed by atoms with E-state index in [0.717, 1.165) is 45.2 Å². The molecule has 0 nitrogen and oxygen atoms in total. The molecule has 0 saturated heterocycles. The first-order valence-electron chi connectivity index (χ1n) is 17.1. The minimum absolute atomic E-state index is 0.0695. The van der Waals surface area contributed by atoms with E-state index in [4.69, 9.17) is 0 Å². The largest absolute Gasteiger partial charge is 0.416 e. The lowest BCUT2D eigenvalue weighted by Crippen LogP contribution is -2.43. The number of fused-ring (bicyclic) bond motifs is 2. The van der Waals surface area contributed by atoms with Gasteiger partial charge in [0.2, 0.25) is 0 Å². The van der Waals surface area contributed by atoms with Crippen molar-refractivity contribution in [3.63, 3.8) is 0 Å². The fourth-order valence-corrected chi connectivity index (χ4v) is 13.3. The van der Waals surface area contributed by atoms with Crippen molar-refractivity contribution in [2.45, 2.75) is 84.3 Å². The van der Waals surface area contributed by atoms with E-state index in [1.165, 1.54) is 6.07 Å². The second-order valence-electron chi connectivity index (χ2n) is 15.0. The number of allylic oxidation sites excluding steroid dienone is 2. The highest BCUT2D eigenvalue weighted by molar-refractivity contribution is 7.07. The van der Waals surface area contributed by atoms with Crippen molar-refractivity contribution in [3.05, 3.63) is 121 Å². The molecule has 0 radical (unpaired) electrons. The highest BCUT2D eigenvalue weighted by Gasteiger charge is 2.51. The Kier molecular flexibility index (Phi) is 8.36. The summed E-state index contributed by atoms with van der Waals surface area (Å²) in [5.74, 6) is -0.614. The SMILES string of the molecule is CCC1=Cc2c(-c3cc(C(F)(F)F)cc(C(F)(F)F)c3)ccc(C)c2C1c1c(C)c2c3c(-c4cc(C(F)(F)F)cc(C(F)(F)F)c4)c1[Si](C)(C)C3=C(C)C2. The van der Waals surface area contributed by atoms with Crippen LogP contribution in [0.1, 0.15) is 87.4 Å². The molecule has 4 aromatic carbocycles. The summed E-state index contributed by atoms with van der Waals surface area (Å²) >= 11 is 0. The van der Waals surface area contributed by atoms with Crippen LogP contribution in [0.3, 0.4) is 0 Å². The predicted molar refractivity (Wildman–Crippen MR) is 187 cm³/mol. The van der Waals surface area contributed by atoms with Crippen molar-refractivity contribution < 1.29 is 52.7 Å². The van der Waals surface area contributed by atoms with Gasteiger partial charge in [0.15, 0.2) is 0 Å². The van der Waals surface area contributed by atoms with E-state index in [1.807, 2.05) is 33.9 Å². The predicted octanol–water partition coefficient (Wildman–Crippen LogP) is 13.4. The number of hydrogen-bond acceptors (Lipinski definition) is 0. The van der Waals surface area contributed by atoms with E-state index < -0.39 is 61.0 Å². The number of alkyl halides is 12. The van der Waals surface area contributed by atoms with Crippen molar-refractivity contribution in [2.75, 3.05) is 0 Å². The molecule has 1 heterocycles. The molecular formula is C41H32F12Si. The lowest BCUT2D eigenvalue weighted by atomic mass is 9.78. The molecule has 284 valence electrons. The third-order valence-electron chi connectivity index (χ3n) is 11.3. The molecule has 7 rings (SSSR count). The molecule has 4 aromatic rings. The van der Waals surface area contributed by atoms with E-state index >= 15 is 0 Å². The molecular weight excluding hydrogens is 749 g/mol. The van der Waals surface area contributed by atoms with Crippen LogP contribution in [0.15, 0.2) is 59.7 Å². The summed E-state index contributed by atoms with van der Waals surface area (Å²) in [6, 6.07) is 6.18. The summed E-state index contributed by atoms with van der Waals surface area (Å²) < 4.78 is 169. The minimum atomic E-state index is -5.08. The zero-order valence-electron chi connectivity index (χ0n) is 29.7. The van der Waals surface area contributed by atoms with E-state index in [-0.39, 0.29) is 28.8 Å². The molecule has 0 fully saturated rings. The van der Waals surface area contributed by atoms with Crippen LogP contribution in [0.2, 0.25) is 13.1 Å². The second-order valence-corrected chi connectivity index (χ2v) is 19.2. The van der Waals surface area contributed by atoms with Crippen LogP contribution in [-0.4, -0.2) is 8.07 Å². The van der Waals surface area contributed by atoms with Crippen molar-refractivity contribution in [2.24, 2.45) is 0 Å². The van der Waals surface area contributed by atoms with Gasteiger partial charge in [-0.3, -0.25) is 0 Å². The fraction of sp³-hybridized carbons (Fsp3) is 0.317. The quantitative estimate of drug-likeness (QED) is 0.143. The molecule has 13 heteroatoms. The zero-order valence-corrected chi connectivity index (χ0v) is 30.7. The van der Waals surface area contributed by atoms with Crippen molar-refractivity contribution in [1.82, 2.24) is 0 Å². The first-order valence-corrected chi connectivity index (χ1v) is 20.1. The molecule has 3 aliphatic rings. The summed E-state index contributed by atoms with van der Waals surface area (Å²) in [5, 5.41) is 1.64. The average molecular weight is 781 g/mol. The summed E-state index contributed by atoms with van der Waals surface area (Å²) in [5.41, 5.74) is 0.669. The normalized spacial score (nSPS) is 17.8. The zero-order chi connectivity index (χ0) is 39.8. The Morgan fingerprint density at radius 3 is 1.57 bits per heavy atom.